The van der Waals surface area contributed by atoms with Gasteiger partial charge in [0.15, 0.2) is 0 Å². The lowest BCUT2D eigenvalue weighted by Gasteiger charge is -2.25. The number of hydrogen-bond acceptors (Lipinski definition) is 4. The van der Waals surface area contributed by atoms with Gasteiger partial charge in [0.1, 0.15) is 5.60 Å². The van der Waals surface area contributed by atoms with Gasteiger partial charge in [0, 0.05) is 13.1 Å². The number of nitrogens with zero attached hydrogens (tertiary/aromatic N) is 1. The van der Waals surface area contributed by atoms with Crippen LogP contribution in [0, 0.1) is 0 Å². The van der Waals surface area contributed by atoms with Gasteiger partial charge in [-0.05, 0) is 27.2 Å². The first-order valence-corrected chi connectivity index (χ1v) is 5.63. The highest BCUT2D eigenvalue weighted by Crippen LogP contribution is 2.12. The summed E-state index contributed by atoms with van der Waals surface area (Å²) < 4.78 is 10.6. The highest BCUT2D eigenvalue weighted by molar-refractivity contribution is 5.68. The Bertz CT molecular complexity index is 237. The smallest absolute Gasteiger partial charge is 0.410 e. The second-order valence-corrected chi connectivity index (χ2v) is 4.93. The maximum absolute atomic E-state index is 11.7. The van der Waals surface area contributed by atoms with E-state index in [0.717, 1.165) is 0 Å². The summed E-state index contributed by atoms with van der Waals surface area (Å²) in [6.45, 7) is 7.07. The van der Waals surface area contributed by atoms with Crippen LogP contribution in [0.1, 0.15) is 27.2 Å². The number of aliphatic hydroxyl groups is 1. The number of hydrogen-bond donors (Lipinski definition) is 1. The van der Waals surface area contributed by atoms with Crippen molar-refractivity contribution in [3.8, 4) is 0 Å². The summed E-state index contributed by atoms with van der Waals surface area (Å²) in [6.07, 6.45) is 0.178. The van der Waals surface area contributed by atoms with Crippen LogP contribution in [0.5, 0.6) is 0 Å². The van der Waals surface area contributed by atoms with Crippen molar-refractivity contribution in [1.29, 1.82) is 0 Å². The van der Waals surface area contributed by atoms with E-state index in [1.807, 2.05) is 20.8 Å². The van der Waals surface area contributed by atoms with E-state index in [4.69, 9.17) is 14.6 Å². The summed E-state index contributed by atoms with van der Waals surface area (Å²) in [4.78, 5) is 13.4. The average molecular weight is 231 g/mol. The zero-order valence-corrected chi connectivity index (χ0v) is 10.2. The minimum Gasteiger partial charge on any atom is -0.444 e. The van der Waals surface area contributed by atoms with Crippen LogP contribution in [0.2, 0.25) is 0 Å². The number of rotatable bonds is 1. The maximum Gasteiger partial charge on any atom is 0.410 e. The van der Waals surface area contributed by atoms with Crippen molar-refractivity contribution in [2.75, 3.05) is 26.3 Å². The molecule has 0 saturated carbocycles. The van der Waals surface area contributed by atoms with E-state index in [1.54, 1.807) is 4.90 Å². The molecule has 0 unspecified atom stereocenters. The van der Waals surface area contributed by atoms with Crippen molar-refractivity contribution in [3.63, 3.8) is 0 Å². The summed E-state index contributed by atoms with van der Waals surface area (Å²) >= 11 is 0. The van der Waals surface area contributed by atoms with Gasteiger partial charge in [-0.1, -0.05) is 0 Å². The Balaban J connectivity index is 2.45. The quantitative estimate of drug-likeness (QED) is 0.731. The Morgan fingerprint density at radius 3 is 2.75 bits per heavy atom. The van der Waals surface area contributed by atoms with E-state index in [0.29, 0.717) is 26.1 Å². The van der Waals surface area contributed by atoms with Gasteiger partial charge in [0.05, 0.1) is 19.3 Å². The van der Waals surface area contributed by atoms with Gasteiger partial charge in [-0.15, -0.1) is 0 Å². The standard InChI is InChI=1S/C11H21NO4/c1-11(2,3)16-10(14)12-5-4-9(8-13)15-7-6-12/h9,13H,4-8H2,1-3H3/t9-/m0/s1. The van der Waals surface area contributed by atoms with Crippen LogP contribution in [-0.2, 0) is 9.47 Å². The Morgan fingerprint density at radius 1 is 1.50 bits per heavy atom. The Hall–Kier alpha value is -0.810. The molecule has 1 aliphatic heterocycles. The van der Waals surface area contributed by atoms with E-state index in [9.17, 15) is 4.79 Å². The molecule has 1 heterocycles. The molecule has 0 radical (unpaired) electrons. The molecule has 5 heteroatoms. The van der Waals surface area contributed by atoms with E-state index < -0.39 is 5.60 Å². The molecule has 1 amide bonds. The third-order valence-corrected chi connectivity index (χ3v) is 2.29. The highest BCUT2D eigenvalue weighted by Gasteiger charge is 2.25. The molecule has 5 nitrogen and oxygen atoms in total. The molecule has 1 saturated heterocycles. The normalized spacial score (nSPS) is 22.8. The van der Waals surface area contributed by atoms with Crippen LogP contribution >= 0.6 is 0 Å². The zero-order chi connectivity index (χ0) is 12.2. The van der Waals surface area contributed by atoms with Crippen LogP contribution in [0.25, 0.3) is 0 Å². The Labute approximate surface area is 96.3 Å². The Kier molecular flexibility index (Phi) is 4.56. The molecule has 1 N–H and O–H groups in total. The molecule has 0 aromatic rings. The fraction of sp³-hybridized carbons (Fsp3) is 0.909. The van der Waals surface area contributed by atoms with Gasteiger partial charge in [-0.25, -0.2) is 4.79 Å². The van der Waals surface area contributed by atoms with Gasteiger partial charge in [-0.2, -0.15) is 0 Å². The molecule has 0 spiro atoms. The molecule has 94 valence electrons. The number of ether oxygens (including phenoxy) is 2. The summed E-state index contributed by atoms with van der Waals surface area (Å²) in [7, 11) is 0. The molecule has 0 aliphatic carbocycles. The van der Waals surface area contributed by atoms with Gasteiger partial charge >= 0.3 is 6.09 Å². The first-order chi connectivity index (χ1) is 7.42. The fourth-order valence-corrected chi connectivity index (χ4v) is 1.48. The molecule has 1 aliphatic rings. The average Bonchev–Trinajstić information content (AvgIpc) is 2.39. The molecular weight excluding hydrogens is 210 g/mol. The van der Waals surface area contributed by atoms with E-state index in [1.165, 1.54) is 0 Å². The van der Waals surface area contributed by atoms with Gasteiger partial charge in [0.25, 0.3) is 0 Å². The molecular formula is C11H21NO4. The zero-order valence-electron chi connectivity index (χ0n) is 10.2. The third-order valence-electron chi connectivity index (χ3n) is 2.29. The lowest BCUT2D eigenvalue weighted by molar-refractivity contribution is 0.0157. The molecule has 0 bridgehead atoms. The van der Waals surface area contributed by atoms with E-state index in [2.05, 4.69) is 0 Å². The SMILES string of the molecule is CC(C)(C)OC(=O)N1CCO[C@H](CO)CC1. The predicted octanol–water partition coefficient (Wildman–Crippen LogP) is 1.00. The maximum atomic E-state index is 11.7. The van der Waals surface area contributed by atoms with E-state index >= 15 is 0 Å². The molecule has 1 fully saturated rings. The van der Waals surface area contributed by atoms with Crippen molar-refractivity contribution < 1.29 is 19.4 Å². The number of aliphatic hydroxyl groups excluding tert-OH is 1. The first-order valence-electron chi connectivity index (χ1n) is 5.63. The first kappa shape index (κ1) is 13.3. The second-order valence-electron chi connectivity index (χ2n) is 4.93. The van der Waals surface area contributed by atoms with Crippen molar-refractivity contribution in [2.24, 2.45) is 0 Å². The van der Waals surface area contributed by atoms with Crippen molar-refractivity contribution >= 4 is 6.09 Å². The van der Waals surface area contributed by atoms with Crippen LogP contribution < -0.4 is 0 Å². The van der Waals surface area contributed by atoms with Crippen LogP contribution in [-0.4, -0.2) is 54.1 Å². The minimum absolute atomic E-state index is 0.00214. The van der Waals surface area contributed by atoms with Crippen molar-refractivity contribution in [2.45, 2.75) is 38.9 Å². The van der Waals surface area contributed by atoms with Crippen molar-refractivity contribution in [1.82, 2.24) is 4.90 Å². The summed E-state index contributed by atoms with van der Waals surface area (Å²) in [5.41, 5.74) is -0.472. The molecule has 0 aromatic carbocycles. The summed E-state index contributed by atoms with van der Waals surface area (Å²) in [5, 5.41) is 8.97. The largest absolute Gasteiger partial charge is 0.444 e. The van der Waals surface area contributed by atoms with Gasteiger partial charge < -0.3 is 19.5 Å². The van der Waals surface area contributed by atoms with E-state index in [-0.39, 0.29) is 18.8 Å². The van der Waals surface area contributed by atoms with Crippen LogP contribution in [0.4, 0.5) is 4.79 Å². The van der Waals surface area contributed by atoms with Crippen molar-refractivity contribution in [3.05, 3.63) is 0 Å². The lowest BCUT2D eigenvalue weighted by Crippen LogP contribution is -2.38. The summed E-state index contributed by atoms with van der Waals surface area (Å²) in [6, 6.07) is 0. The third kappa shape index (κ3) is 4.37. The molecule has 1 rings (SSSR count). The number of carbonyl (C=O) groups excluding carboxylic acids is 1. The van der Waals surface area contributed by atoms with Gasteiger partial charge in [0.2, 0.25) is 0 Å². The summed E-state index contributed by atoms with van der Waals surface area (Å²) in [5.74, 6) is 0. The monoisotopic (exact) mass is 231 g/mol. The Morgan fingerprint density at radius 2 is 2.19 bits per heavy atom. The predicted molar refractivity (Wildman–Crippen MR) is 59.2 cm³/mol. The van der Waals surface area contributed by atoms with Crippen LogP contribution in [0.15, 0.2) is 0 Å². The molecule has 16 heavy (non-hydrogen) atoms. The van der Waals surface area contributed by atoms with Crippen LogP contribution in [0.3, 0.4) is 0 Å². The number of carbonyl (C=O) groups is 1. The fourth-order valence-electron chi connectivity index (χ4n) is 1.48. The molecule has 1 atom stereocenters. The highest BCUT2D eigenvalue weighted by atomic mass is 16.6. The van der Waals surface area contributed by atoms with Gasteiger partial charge in [-0.3, -0.25) is 0 Å². The topological polar surface area (TPSA) is 59.0 Å². The lowest BCUT2D eigenvalue weighted by atomic mass is 10.2. The minimum atomic E-state index is -0.472. The molecule has 0 aromatic heterocycles. The number of amides is 1. The second kappa shape index (κ2) is 5.50.